The van der Waals surface area contributed by atoms with Gasteiger partial charge in [0.25, 0.3) is 0 Å². The van der Waals surface area contributed by atoms with Crippen LogP contribution in [0.15, 0.2) is 61.2 Å². The van der Waals surface area contributed by atoms with E-state index in [2.05, 4.69) is 50.1 Å². The first-order chi connectivity index (χ1) is 17.6. The number of hydrogen-bond acceptors (Lipinski definition) is 3. The fourth-order valence-electron chi connectivity index (χ4n) is 4.49. The SMILES string of the molecule is C=CC(=O)OCC(COc1ccc2cc(-c3ccccc3CC)n(CCCC(C)C)c2c1)CC(F)(F)F. The van der Waals surface area contributed by atoms with Crippen molar-refractivity contribution in [2.24, 2.45) is 11.8 Å². The number of benzene rings is 2. The van der Waals surface area contributed by atoms with Crippen molar-refractivity contribution in [2.75, 3.05) is 13.2 Å². The maximum Gasteiger partial charge on any atom is 0.389 e. The Labute approximate surface area is 217 Å². The molecule has 0 aliphatic carbocycles. The fraction of sp³-hybridized carbons (Fsp3) is 0.433. The van der Waals surface area contributed by atoms with Crippen LogP contribution in [0.4, 0.5) is 13.2 Å². The Kier molecular flexibility index (Phi) is 9.84. The van der Waals surface area contributed by atoms with Gasteiger partial charge in [0.1, 0.15) is 5.75 Å². The molecule has 0 amide bonds. The first-order valence-electron chi connectivity index (χ1n) is 12.8. The molecule has 0 fully saturated rings. The van der Waals surface area contributed by atoms with Crippen LogP contribution in [0.2, 0.25) is 0 Å². The highest BCUT2D eigenvalue weighted by Gasteiger charge is 2.33. The lowest BCUT2D eigenvalue weighted by atomic mass is 10.0. The van der Waals surface area contributed by atoms with E-state index in [-0.39, 0.29) is 6.61 Å². The molecule has 0 spiro atoms. The van der Waals surface area contributed by atoms with E-state index in [1.807, 2.05) is 24.3 Å². The molecular formula is C30H36F3NO3. The predicted molar refractivity (Wildman–Crippen MR) is 142 cm³/mol. The van der Waals surface area contributed by atoms with Gasteiger partial charge in [0, 0.05) is 41.2 Å². The number of nitrogens with zero attached hydrogens (tertiary/aromatic N) is 1. The van der Waals surface area contributed by atoms with E-state index in [1.165, 1.54) is 11.1 Å². The van der Waals surface area contributed by atoms with Crippen LogP contribution >= 0.6 is 0 Å². The number of carbonyl (C=O) groups is 1. The van der Waals surface area contributed by atoms with E-state index >= 15 is 0 Å². The van der Waals surface area contributed by atoms with Crippen LogP contribution in [0.3, 0.4) is 0 Å². The summed E-state index contributed by atoms with van der Waals surface area (Å²) in [6.07, 6.45) is -1.56. The smallest absolute Gasteiger partial charge is 0.389 e. The molecule has 1 heterocycles. The molecule has 1 atom stereocenters. The summed E-state index contributed by atoms with van der Waals surface area (Å²) < 4.78 is 52.2. The van der Waals surface area contributed by atoms with Crippen LogP contribution in [-0.4, -0.2) is 29.9 Å². The predicted octanol–water partition coefficient (Wildman–Crippen LogP) is 7.98. The van der Waals surface area contributed by atoms with Crippen LogP contribution in [0, 0.1) is 11.8 Å². The fourth-order valence-corrected chi connectivity index (χ4v) is 4.49. The third-order valence-electron chi connectivity index (χ3n) is 6.35. The molecule has 0 aliphatic heterocycles. The number of esters is 1. The third-order valence-corrected chi connectivity index (χ3v) is 6.35. The molecule has 4 nitrogen and oxygen atoms in total. The number of halogens is 3. The molecule has 1 aromatic heterocycles. The number of fused-ring (bicyclic) bond motifs is 1. The van der Waals surface area contributed by atoms with Crippen molar-refractivity contribution < 1.29 is 27.4 Å². The zero-order chi connectivity index (χ0) is 27.0. The van der Waals surface area contributed by atoms with E-state index in [0.717, 1.165) is 48.5 Å². The van der Waals surface area contributed by atoms with Crippen LogP contribution in [-0.2, 0) is 22.5 Å². The topological polar surface area (TPSA) is 40.5 Å². The summed E-state index contributed by atoms with van der Waals surface area (Å²) in [6, 6.07) is 16.1. The highest BCUT2D eigenvalue weighted by Crippen LogP contribution is 2.34. The molecule has 0 radical (unpaired) electrons. The number of ether oxygens (including phenoxy) is 2. The van der Waals surface area contributed by atoms with Crippen molar-refractivity contribution in [3.63, 3.8) is 0 Å². The molecule has 0 aliphatic rings. The van der Waals surface area contributed by atoms with Gasteiger partial charge in [-0.3, -0.25) is 0 Å². The summed E-state index contributed by atoms with van der Waals surface area (Å²) >= 11 is 0. The normalized spacial score (nSPS) is 12.6. The minimum absolute atomic E-state index is 0.227. The lowest BCUT2D eigenvalue weighted by molar-refractivity contribution is -0.157. The summed E-state index contributed by atoms with van der Waals surface area (Å²) in [5, 5.41) is 1.05. The van der Waals surface area contributed by atoms with Crippen molar-refractivity contribution in [1.82, 2.24) is 4.57 Å². The van der Waals surface area contributed by atoms with Gasteiger partial charge in [-0.25, -0.2) is 4.79 Å². The summed E-state index contributed by atoms with van der Waals surface area (Å²) in [7, 11) is 0. The third kappa shape index (κ3) is 8.14. The molecule has 0 saturated heterocycles. The molecule has 1 unspecified atom stereocenters. The Morgan fingerprint density at radius 2 is 1.86 bits per heavy atom. The Hall–Kier alpha value is -3.22. The van der Waals surface area contributed by atoms with Crippen LogP contribution in [0.25, 0.3) is 22.2 Å². The van der Waals surface area contributed by atoms with Crippen molar-refractivity contribution in [1.29, 1.82) is 0 Å². The number of aryl methyl sites for hydroxylation is 2. The first kappa shape index (κ1) is 28.4. The number of aromatic nitrogens is 1. The van der Waals surface area contributed by atoms with Gasteiger partial charge >= 0.3 is 12.1 Å². The summed E-state index contributed by atoms with van der Waals surface area (Å²) in [6.45, 7) is 10.0. The van der Waals surface area contributed by atoms with Gasteiger partial charge in [-0.2, -0.15) is 13.2 Å². The summed E-state index contributed by atoms with van der Waals surface area (Å²) in [5.41, 5.74) is 4.55. The van der Waals surface area contributed by atoms with E-state index in [9.17, 15) is 18.0 Å². The van der Waals surface area contributed by atoms with E-state index in [4.69, 9.17) is 9.47 Å². The van der Waals surface area contributed by atoms with Crippen molar-refractivity contribution in [2.45, 2.75) is 59.2 Å². The number of carbonyl (C=O) groups excluding carboxylic acids is 1. The van der Waals surface area contributed by atoms with Crippen LogP contribution in [0.5, 0.6) is 5.75 Å². The largest absolute Gasteiger partial charge is 0.493 e. The highest BCUT2D eigenvalue weighted by atomic mass is 19.4. The van der Waals surface area contributed by atoms with Gasteiger partial charge in [0.15, 0.2) is 0 Å². The van der Waals surface area contributed by atoms with Crippen molar-refractivity contribution in [3.8, 4) is 17.0 Å². The molecule has 3 aromatic rings. The minimum atomic E-state index is -4.40. The highest BCUT2D eigenvalue weighted by molar-refractivity contribution is 5.88. The molecular weight excluding hydrogens is 479 g/mol. The van der Waals surface area contributed by atoms with Gasteiger partial charge in [-0.1, -0.05) is 51.6 Å². The Balaban J connectivity index is 1.90. The van der Waals surface area contributed by atoms with Gasteiger partial charge in [-0.15, -0.1) is 0 Å². The maximum absolute atomic E-state index is 13.1. The molecule has 200 valence electrons. The quantitative estimate of drug-likeness (QED) is 0.171. The number of hydrogen-bond donors (Lipinski definition) is 0. The monoisotopic (exact) mass is 515 g/mol. The summed E-state index contributed by atoms with van der Waals surface area (Å²) in [5.74, 6) is -0.710. The zero-order valence-corrected chi connectivity index (χ0v) is 21.8. The average Bonchev–Trinajstić information content (AvgIpc) is 3.22. The average molecular weight is 516 g/mol. The maximum atomic E-state index is 13.1. The summed E-state index contributed by atoms with van der Waals surface area (Å²) in [4.78, 5) is 11.4. The van der Waals surface area contributed by atoms with Crippen LogP contribution in [0.1, 0.15) is 45.6 Å². The molecule has 2 aromatic carbocycles. The standard InChI is InChI=1S/C30H36F3NO3/c1-5-23-11-7-8-12-26(23)28-16-24-13-14-25(17-27(24)34(28)15-9-10-21(3)4)36-19-22(18-30(31,32)33)20-37-29(35)6-2/h6-8,11-14,16-17,21-22H,2,5,9-10,15,18-20H2,1,3-4H3. The number of alkyl halides is 3. The Morgan fingerprint density at radius 1 is 1.11 bits per heavy atom. The molecule has 7 heteroatoms. The van der Waals surface area contributed by atoms with Gasteiger partial charge < -0.3 is 14.0 Å². The van der Waals surface area contributed by atoms with Crippen molar-refractivity contribution >= 4 is 16.9 Å². The lowest BCUT2D eigenvalue weighted by Gasteiger charge is -2.19. The van der Waals surface area contributed by atoms with E-state index < -0.39 is 31.1 Å². The van der Waals surface area contributed by atoms with Gasteiger partial charge in [-0.05, 0) is 48.9 Å². The van der Waals surface area contributed by atoms with E-state index in [0.29, 0.717) is 11.7 Å². The van der Waals surface area contributed by atoms with E-state index in [1.54, 1.807) is 6.07 Å². The van der Waals surface area contributed by atoms with Crippen LogP contribution < -0.4 is 4.74 Å². The van der Waals surface area contributed by atoms with Gasteiger partial charge in [0.05, 0.1) is 25.2 Å². The Morgan fingerprint density at radius 3 is 2.54 bits per heavy atom. The molecule has 37 heavy (non-hydrogen) atoms. The zero-order valence-electron chi connectivity index (χ0n) is 21.8. The van der Waals surface area contributed by atoms with Crippen molar-refractivity contribution in [3.05, 3.63) is 66.7 Å². The molecule has 0 N–H and O–H groups in total. The number of rotatable bonds is 13. The second kappa shape index (κ2) is 12.8. The second-order valence-electron chi connectivity index (χ2n) is 9.78. The lowest BCUT2D eigenvalue weighted by Crippen LogP contribution is -2.25. The molecule has 0 saturated carbocycles. The van der Waals surface area contributed by atoms with Gasteiger partial charge in [0.2, 0.25) is 0 Å². The molecule has 3 rings (SSSR count). The molecule has 0 bridgehead atoms. The first-order valence-corrected chi connectivity index (χ1v) is 12.8. The Bertz CT molecular complexity index is 1200. The minimum Gasteiger partial charge on any atom is -0.493 e. The second-order valence-corrected chi connectivity index (χ2v) is 9.78.